The number of hydrogen-bond acceptors (Lipinski definition) is 2. The molecule has 0 aliphatic rings. The normalized spacial score (nSPS) is 12.1. The Labute approximate surface area is 98.9 Å². The molecule has 0 aliphatic heterocycles. The second-order valence-corrected chi connectivity index (χ2v) is 3.76. The third-order valence-electron chi connectivity index (χ3n) is 2.57. The van der Waals surface area contributed by atoms with Gasteiger partial charge in [-0.15, -0.1) is 0 Å². The van der Waals surface area contributed by atoms with Crippen LogP contribution in [0.1, 0.15) is 22.0 Å². The van der Waals surface area contributed by atoms with Gasteiger partial charge in [-0.3, -0.25) is 4.79 Å². The highest BCUT2D eigenvalue weighted by molar-refractivity contribution is 6.00. The second kappa shape index (κ2) is 4.89. The fourth-order valence-electron chi connectivity index (χ4n) is 1.61. The number of nitrogens with two attached hydrogens (primary N) is 1. The van der Waals surface area contributed by atoms with Gasteiger partial charge in [0.05, 0.1) is 6.04 Å². The maximum Gasteiger partial charge on any atom is 0.184 e. The second-order valence-electron chi connectivity index (χ2n) is 3.76. The Balaban J connectivity index is 2.23. The van der Waals surface area contributed by atoms with Gasteiger partial charge in [-0.2, -0.15) is 0 Å². The lowest BCUT2D eigenvalue weighted by Crippen LogP contribution is -2.21. The highest BCUT2D eigenvalue weighted by Gasteiger charge is 2.17. The van der Waals surface area contributed by atoms with Crippen LogP contribution < -0.4 is 5.73 Å². The van der Waals surface area contributed by atoms with E-state index in [0.717, 1.165) is 5.56 Å². The topological polar surface area (TPSA) is 43.1 Å². The number of carbonyl (C=O) groups is 1. The van der Waals surface area contributed by atoms with Gasteiger partial charge < -0.3 is 5.73 Å². The van der Waals surface area contributed by atoms with E-state index in [1.54, 1.807) is 12.1 Å². The Morgan fingerprint density at radius 2 is 1.59 bits per heavy atom. The first-order chi connectivity index (χ1) is 8.18. The number of halogens is 1. The minimum absolute atomic E-state index is 0.212. The van der Waals surface area contributed by atoms with E-state index in [1.807, 2.05) is 18.2 Å². The number of benzene rings is 2. The molecule has 3 heteroatoms. The summed E-state index contributed by atoms with van der Waals surface area (Å²) >= 11 is 0. The number of carbonyl (C=O) groups excluding carboxylic acids is 1. The molecule has 2 aromatic rings. The van der Waals surface area contributed by atoms with E-state index in [9.17, 15) is 9.18 Å². The van der Waals surface area contributed by atoms with Crippen molar-refractivity contribution in [2.75, 3.05) is 0 Å². The number of rotatable bonds is 3. The first-order valence-electron chi connectivity index (χ1n) is 5.29. The van der Waals surface area contributed by atoms with E-state index in [2.05, 4.69) is 0 Å². The number of Topliss-reactive ketones (excluding diaryl/α,β-unsaturated/α-hetero) is 1. The molecule has 0 fully saturated rings. The van der Waals surface area contributed by atoms with Gasteiger partial charge in [0.15, 0.2) is 5.78 Å². The third-order valence-corrected chi connectivity index (χ3v) is 2.57. The van der Waals surface area contributed by atoms with Crippen molar-refractivity contribution in [2.24, 2.45) is 5.73 Å². The highest BCUT2D eigenvalue weighted by Crippen LogP contribution is 2.16. The molecule has 0 aliphatic carbocycles. The molecule has 0 bridgehead atoms. The molecule has 2 aromatic carbocycles. The van der Waals surface area contributed by atoms with Crippen LogP contribution in [-0.4, -0.2) is 5.78 Å². The lowest BCUT2D eigenvalue weighted by atomic mass is 9.98. The van der Waals surface area contributed by atoms with Crippen molar-refractivity contribution in [3.63, 3.8) is 0 Å². The first kappa shape index (κ1) is 11.5. The Kier molecular flexibility index (Phi) is 3.30. The fourth-order valence-corrected chi connectivity index (χ4v) is 1.61. The van der Waals surface area contributed by atoms with Gasteiger partial charge in [0, 0.05) is 5.56 Å². The summed E-state index contributed by atoms with van der Waals surface area (Å²) < 4.78 is 12.7. The third kappa shape index (κ3) is 2.57. The average molecular weight is 229 g/mol. The van der Waals surface area contributed by atoms with Crippen molar-refractivity contribution in [1.29, 1.82) is 0 Å². The van der Waals surface area contributed by atoms with Crippen LogP contribution in [-0.2, 0) is 0 Å². The standard InChI is InChI=1S/C14H12FNO/c15-12-8-6-11(7-9-12)14(17)13(16)10-4-2-1-3-5-10/h1-9,13H,16H2/t13-/m0/s1. The molecule has 17 heavy (non-hydrogen) atoms. The van der Waals surface area contributed by atoms with Crippen molar-refractivity contribution < 1.29 is 9.18 Å². The van der Waals surface area contributed by atoms with Crippen LogP contribution in [0.3, 0.4) is 0 Å². The van der Waals surface area contributed by atoms with E-state index in [0.29, 0.717) is 5.56 Å². The zero-order valence-corrected chi connectivity index (χ0v) is 9.14. The Morgan fingerprint density at radius 3 is 2.18 bits per heavy atom. The van der Waals surface area contributed by atoms with Gasteiger partial charge in [0.25, 0.3) is 0 Å². The molecular weight excluding hydrogens is 217 g/mol. The largest absolute Gasteiger partial charge is 0.318 e. The molecular formula is C14H12FNO. The molecule has 0 aromatic heterocycles. The number of ketones is 1. The summed E-state index contributed by atoms with van der Waals surface area (Å²) in [5.74, 6) is -0.578. The van der Waals surface area contributed by atoms with E-state index in [1.165, 1.54) is 24.3 Å². The van der Waals surface area contributed by atoms with Crippen molar-refractivity contribution in [2.45, 2.75) is 6.04 Å². The maximum atomic E-state index is 12.7. The van der Waals surface area contributed by atoms with Crippen molar-refractivity contribution >= 4 is 5.78 Å². The van der Waals surface area contributed by atoms with Crippen LogP contribution in [0.2, 0.25) is 0 Å². The van der Waals surface area contributed by atoms with Gasteiger partial charge in [-0.25, -0.2) is 4.39 Å². The molecule has 0 saturated carbocycles. The Hall–Kier alpha value is -2.00. The summed E-state index contributed by atoms with van der Waals surface area (Å²) in [6.07, 6.45) is 0. The molecule has 86 valence electrons. The monoisotopic (exact) mass is 229 g/mol. The van der Waals surface area contributed by atoms with E-state index >= 15 is 0 Å². The SMILES string of the molecule is N[C@H](C(=O)c1ccc(F)cc1)c1ccccc1. The van der Waals surface area contributed by atoms with Gasteiger partial charge in [-0.05, 0) is 29.8 Å². The molecule has 1 atom stereocenters. The molecule has 0 spiro atoms. The van der Waals surface area contributed by atoms with E-state index < -0.39 is 6.04 Å². The predicted octanol–water partition coefficient (Wildman–Crippen LogP) is 2.71. The van der Waals surface area contributed by atoms with Gasteiger partial charge in [0.2, 0.25) is 0 Å². The summed E-state index contributed by atoms with van der Waals surface area (Å²) in [7, 11) is 0. The summed E-state index contributed by atoms with van der Waals surface area (Å²) in [6, 6.07) is 13.8. The van der Waals surface area contributed by atoms with Crippen LogP contribution >= 0.6 is 0 Å². The lowest BCUT2D eigenvalue weighted by molar-refractivity contribution is 0.0961. The van der Waals surface area contributed by atoms with Crippen LogP contribution in [0.15, 0.2) is 54.6 Å². The summed E-state index contributed by atoms with van der Waals surface area (Å²) in [4.78, 5) is 12.0. The maximum absolute atomic E-state index is 12.7. The van der Waals surface area contributed by atoms with Crippen LogP contribution in [0.4, 0.5) is 4.39 Å². The summed E-state index contributed by atoms with van der Waals surface area (Å²) in [5.41, 5.74) is 7.04. The van der Waals surface area contributed by atoms with Crippen molar-refractivity contribution in [3.05, 3.63) is 71.5 Å². The predicted molar refractivity (Wildman–Crippen MR) is 64.1 cm³/mol. The molecule has 0 saturated heterocycles. The quantitative estimate of drug-likeness (QED) is 0.822. The van der Waals surface area contributed by atoms with Crippen LogP contribution in [0.25, 0.3) is 0 Å². The van der Waals surface area contributed by atoms with Gasteiger partial charge in [-0.1, -0.05) is 30.3 Å². The first-order valence-corrected chi connectivity index (χ1v) is 5.29. The minimum atomic E-state index is -0.707. The molecule has 0 unspecified atom stereocenters. The minimum Gasteiger partial charge on any atom is -0.318 e. The van der Waals surface area contributed by atoms with Crippen molar-refractivity contribution in [3.8, 4) is 0 Å². The highest BCUT2D eigenvalue weighted by atomic mass is 19.1. The smallest absolute Gasteiger partial charge is 0.184 e. The Bertz CT molecular complexity index is 508. The van der Waals surface area contributed by atoms with Gasteiger partial charge in [0.1, 0.15) is 5.82 Å². The summed E-state index contributed by atoms with van der Waals surface area (Å²) in [6.45, 7) is 0. The molecule has 2 N–H and O–H groups in total. The lowest BCUT2D eigenvalue weighted by Gasteiger charge is -2.10. The molecule has 2 rings (SSSR count). The Morgan fingerprint density at radius 1 is 1.00 bits per heavy atom. The zero-order valence-electron chi connectivity index (χ0n) is 9.14. The molecule has 0 radical (unpaired) electrons. The fraction of sp³-hybridized carbons (Fsp3) is 0.0714. The molecule has 2 nitrogen and oxygen atoms in total. The van der Waals surface area contributed by atoms with E-state index in [-0.39, 0.29) is 11.6 Å². The zero-order chi connectivity index (χ0) is 12.3. The average Bonchev–Trinajstić information content (AvgIpc) is 2.39. The van der Waals surface area contributed by atoms with Crippen LogP contribution in [0, 0.1) is 5.82 Å². The molecule has 0 amide bonds. The van der Waals surface area contributed by atoms with Gasteiger partial charge >= 0.3 is 0 Å². The summed E-state index contributed by atoms with van der Waals surface area (Å²) in [5, 5.41) is 0. The molecule has 0 heterocycles. The number of hydrogen-bond donors (Lipinski definition) is 1. The van der Waals surface area contributed by atoms with Crippen molar-refractivity contribution in [1.82, 2.24) is 0 Å². The van der Waals surface area contributed by atoms with Crippen LogP contribution in [0.5, 0.6) is 0 Å². The van der Waals surface area contributed by atoms with E-state index in [4.69, 9.17) is 5.73 Å².